The van der Waals surface area contributed by atoms with Gasteiger partial charge in [0.2, 0.25) is 0 Å². The lowest BCUT2D eigenvalue weighted by Gasteiger charge is -2.08. The first-order chi connectivity index (χ1) is 8.11. The molecule has 2 rings (SSSR count). The number of ether oxygens (including phenoxy) is 1. The highest BCUT2D eigenvalue weighted by Crippen LogP contribution is 2.23. The Kier molecular flexibility index (Phi) is 5.19. The number of hydrogen-bond acceptors (Lipinski definition) is 3. The summed E-state index contributed by atoms with van der Waals surface area (Å²) in [6.07, 6.45) is 2.34. The van der Waals surface area contributed by atoms with E-state index < -0.39 is 12.0 Å². The molecule has 4 nitrogen and oxygen atoms in total. The summed E-state index contributed by atoms with van der Waals surface area (Å²) in [4.78, 5) is 14.4. The fraction of sp³-hybridized carbons (Fsp3) is 0.250. The molecule has 1 aromatic heterocycles. The molecule has 2 aromatic rings. The van der Waals surface area contributed by atoms with Crippen LogP contribution in [0.2, 0.25) is 0 Å². The number of benzene rings is 1. The Bertz CT molecular complexity index is 556. The van der Waals surface area contributed by atoms with Gasteiger partial charge in [0.05, 0.1) is 7.11 Å². The van der Waals surface area contributed by atoms with E-state index >= 15 is 0 Å². The molecular weight excluding hydrogens is 320 g/mol. The number of rotatable bonds is 3. The molecule has 1 unspecified atom stereocenters. The maximum absolute atomic E-state index is 11.3. The van der Waals surface area contributed by atoms with Gasteiger partial charge in [0, 0.05) is 28.0 Å². The summed E-state index contributed by atoms with van der Waals surface area (Å²) in [6.45, 7) is 0. The number of nitrogens with two attached hydrogens (primary N) is 1. The average molecular weight is 334 g/mol. The molecule has 1 atom stereocenters. The van der Waals surface area contributed by atoms with Crippen LogP contribution in [0.15, 0.2) is 28.9 Å². The molecule has 0 bridgehead atoms. The lowest BCUT2D eigenvalue weighted by Crippen LogP contribution is -2.33. The summed E-state index contributed by atoms with van der Waals surface area (Å²) in [5.74, 6) is -0.394. The van der Waals surface area contributed by atoms with Gasteiger partial charge in [-0.15, -0.1) is 12.4 Å². The molecule has 0 saturated carbocycles. The van der Waals surface area contributed by atoms with Crippen molar-refractivity contribution in [2.45, 2.75) is 12.5 Å². The zero-order valence-corrected chi connectivity index (χ0v) is 12.2. The number of methoxy groups -OCH3 is 1. The van der Waals surface area contributed by atoms with E-state index in [1.807, 2.05) is 24.4 Å². The van der Waals surface area contributed by atoms with Crippen molar-refractivity contribution in [3.63, 3.8) is 0 Å². The van der Waals surface area contributed by atoms with Crippen LogP contribution in [-0.2, 0) is 16.0 Å². The molecule has 6 heteroatoms. The molecule has 0 spiro atoms. The molecule has 98 valence electrons. The van der Waals surface area contributed by atoms with Crippen molar-refractivity contribution < 1.29 is 9.53 Å². The number of H-pyrrole nitrogens is 1. The zero-order chi connectivity index (χ0) is 12.4. The van der Waals surface area contributed by atoms with Gasteiger partial charge in [0.1, 0.15) is 6.04 Å². The van der Waals surface area contributed by atoms with Crippen LogP contribution in [0, 0.1) is 0 Å². The Morgan fingerprint density at radius 3 is 2.94 bits per heavy atom. The third kappa shape index (κ3) is 3.04. The number of fused-ring (bicyclic) bond motifs is 1. The van der Waals surface area contributed by atoms with Gasteiger partial charge < -0.3 is 15.5 Å². The smallest absolute Gasteiger partial charge is 0.322 e. The topological polar surface area (TPSA) is 68.1 Å². The molecule has 0 amide bonds. The Hall–Kier alpha value is -1.04. The van der Waals surface area contributed by atoms with E-state index in [1.165, 1.54) is 7.11 Å². The fourth-order valence-corrected chi connectivity index (χ4v) is 2.15. The number of carbonyl (C=O) groups excluding carboxylic acids is 1. The van der Waals surface area contributed by atoms with E-state index in [2.05, 4.69) is 25.7 Å². The molecule has 0 fully saturated rings. The summed E-state index contributed by atoms with van der Waals surface area (Å²) in [5, 5.41) is 1.07. The Balaban J connectivity index is 0.00000162. The minimum Gasteiger partial charge on any atom is -0.468 e. The van der Waals surface area contributed by atoms with Crippen LogP contribution in [0.5, 0.6) is 0 Å². The second-order valence-corrected chi connectivity index (χ2v) is 4.75. The van der Waals surface area contributed by atoms with Crippen molar-refractivity contribution in [2.24, 2.45) is 5.73 Å². The van der Waals surface area contributed by atoms with Gasteiger partial charge in [-0.3, -0.25) is 4.79 Å². The number of aromatic amines is 1. The van der Waals surface area contributed by atoms with E-state index in [0.29, 0.717) is 6.42 Å². The fourth-order valence-electron chi connectivity index (χ4n) is 1.79. The van der Waals surface area contributed by atoms with Gasteiger partial charge >= 0.3 is 5.97 Å². The first kappa shape index (κ1) is 15.0. The Labute approximate surface area is 119 Å². The molecule has 0 aliphatic carbocycles. The Morgan fingerprint density at radius 1 is 1.56 bits per heavy atom. The summed E-state index contributed by atoms with van der Waals surface area (Å²) in [5.41, 5.74) is 7.79. The van der Waals surface area contributed by atoms with Gasteiger partial charge in [0.25, 0.3) is 0 Å². The summed E-state index contributed by atoms with van der Waals surface area (Å²) >= 11 is 3.42. The number of nitrogens with one attached hydrogen (secondary N) is 1. The molecule has 0 radical (unpaired) electrons. The third-order valence-corrected chi connectivity index (χ3v) is 3.17. The van der Waals surface area contributed by atoms with E-state index in [1.54, 1.807) is 0 Å². The van der Waals surface area contributed by atoms with Crippen molar-refractivity contribution in [1.29, 1.82) is 0 Å². The molecular formula is C12H14BrClN2O2. The highest BCUT2D eigenvalue weighted by molar-refractivity contribution is 9.10. The summed E-state index contributed by atoms with van der Waals surface area (Å²) < 4.78 is 5.61. The number of halogens is 2. The average Bonchev–Trinajstić information content (AvgIpc) is 2.71. The highest BCUT2D eigenvalue weighted by Gasteiger charge is 2.16. The minimum absolute atomic E-state index is 0. The van der Waals surface area contributed by atoms with Crippen LogP contribution in [0.1, 0.15) is 5.56 Å². The lowest BCUT2D eigenvalue weighted by molar-refractivity contribution is -0.142. The first-order valence-electron chi connectivity index (χ1n) is 5.20. The molecule has 3 N–H and O–H groups in total. The zero-order valence-electron chi connectivity index (χ0n) is 9.77. The second kappa shape index (κ2) is 6.22. The van der Waals surface area contributed by atoms with Gasteiger partial charge in [-0.2, -0.15) is 0 Å². The molecule has 1 aromatic carbocycles. The van der Waals surface area contributed by atoms with Crippen molar-refractivity contribution in [2.75, 3.05) is 7.11 Å². The summed E-state index contributed by atoms with van der Waals surface area (Å²) in [6, 6.07) is 5.32. The van der Waals surface area contributed by atoms with Crippen LogP contribution in [0.25, 0.3) is 10.9 Å². The maximum Gasteiger partial charge on any atom is 0.322 e. The molecule has 0 saturated heterocycles. The van der Waals surface area contributed by atoms with Crippen molar-refractivity contribution in [3.05, 3.63) is 34.4 Å². The molecule has 1 heterocycles. The van der Waals surface area contributed by atoms with Gasteiger partial charge in [0.15, 0.2) is 0 Å². The molecule has 0 aliphatic heterocycles. The SMILES string of the molecule is COC(=O)C(N)Cc1c[nH]c2ccc(Br)cc12.Cl. The molecule has 18 heavy (non-hydrogen) atoms. The predicted octanol–water partition coefficient (Wildman–Crippen LogP) is 2.40. The quantitative estimate of drug-likeness (QED) is 0.848. The normalized spacial score (nSPS) is 11.9. The third-order valence-electron chi connectivity index (χ3n) is 2.67. The molecule has 0 aliphatic rings. The number of aromatic nitrogens is 1. The predicted molar refractivity (Wildman–Crippen MR) is 76.9 cm³/mol. The highest BCUT2D eigenvalue weighted by atomic mass is 79.9. The standard InChI is InChI=1S/C12H13BrN2O2.ClH/c1-17-12(16)10(14)4-7-6-15-11-3-2-8(13)5-9(7)11;/h2-3,5-6,10,15H,4,14H2,1H3;1H. The van der Waals surface area contributed by atoms with E-state index in [-0.39, 0.29) is 12.4 Å². The van der Waals surface area contributed by atoms with E-state index in [4.69, 9.17) is 5.73 Å². The first-order valence-corrected chi connectivity index (χ1v) is 6.00. The van der Waals surface area contributed by atoms with Crippen LogP contribution >= 0.6 is 28.3 Å². The number of hydrogen-bond donors (Lipinski definition) is 2. The van der Waals surface area contributed by atoms with Crippen LogP contribution in [0.3, 0.4) is 0 Å². The van der Waals surface area contributed by atoms with Crippen molar-refractivity contribution >= 4 is 45.2 Å². The van der Waals surface area contributed by atoms with Crippen LogP contribution < -0.4 is 5.73 Å². The monoisotopic (exact) mass is 332 g/mol. The van der Waals surface area contributed by atoms with Gasteiger partial charge in [-0.05, 0) is 23.8 Å². The number of carbonyl (C=O) groups is 1. The van der Waals surface area contributed by atoms with Gasteiger partial charge in [-0.1, -0.05) is 15.9 Å². The van der Waals surface area contributed by atoms with E-state index in [0.717, 1.165) is 20.9 Å². The number of esters is 1. The largest absolute Gasteiger partial charge is 0.468 e. The van der Waals surface area contributed by atoms with Crippen molar-refractivity contribution in [1.82, 2.24) is 4.98 Å². The van der Waals surface area contributed by atoms with Crippen LogP contribution in [0.4, 0.5) is 0 Å². The van der Waals surface area contributed by atoms with Crippen LogP contribution in [-0.4, -0.2) is 24.1 Å². The van der Waals surface area contributed by atoms with Gasteiger partial charge in [-0.25, -0.2) is 0 Å². The summed E-state index contributed by atoms with van der Waals surface area (Å²) in [7, 11) is 1.34. The van der Waals surface area contributed by atoms with E-state index in [9.17, 15) is 4.79 Å². The second-order valence-electron chi connectivity index (χ2n) is 3.84. The maximum atomic E-state index is 11.3. The lowest BCUT2D eigenvalue weighted by atomic mass is 10.1. The minimum atomic E-state index is -0.627. The van der Waals surface area contributed by atoms with Crippen molar-refractivity contribution in [3.8, 4) is 0 Å². The Morgan fingerprint density at radius 2 is 2.28 bits per heavy atom.